The highest BCUT2D eigenvalue weighted by Crippen LogP contribution is 2.40. The number of carbonyl (C=O) groups is 1. The van der Waals surface area contributed by atoms with Crippen molar-refractivity contribution in [3.63, 3.8) is 0 Å². The standard InChI is InChI=1S/C19H24N2O4/c1-13(14-9-7-6-8-10-14)21(2)19(22)20-15-11-16(23-3)18(25-5)17(12-15)24-4/h6-13H,1-5H3,(H,20,22)/t13-/m0/s1. The van der Waals surface area contributed by atoms with E-state index in [0.29, 0.717) is 22.9 Å². The molecule has 2 aromatic carbocycles. The zero-order valence-corrected chi connectivity index (χ0v) is 15.2. The van der Waals surface area contributed by atoms with E-state index in [9.17, 15) is 4.79 Å². The highest BCUT2D eigenvalue weighted by molar-refractivity contribution is 5.90. The van der Waals surface area contributed by atoms with Gasteiger partial charge in [-0.1, -0.05) is 30.3 Å². The maximum Gasteiger partial charge on any atom is 0.322 e. The van der Waals surface area contributed by atoms with Gasteiger partial charge in [0.2, 0.25) is 5.75 Å². The molecule has 0 aliphatic rings. The van der Waals surface area contributed by atoms with Crippen LogP contribution in [-0.4, -0.2) is 39.3 Å². The normalized spacial score (nSPS) is 11.4. The molecule has 0 radical (unpaired) electrons. The van der Waals surface area contributed by atoms with Crippen molar-refractivity contribution >= 4 is 11.7 Å². The second-order valence-corrected chi connectivity index (χ2v) is 5.54. The largest absolute Gasteiger partial charge is 0.493 e. The van der Waals surface area contributed by atoms with Gasteiger partial charge in [-0.05, 0) is 12.5 Å². The van der Waals surface area contributed by atoms with E-state index in [0.717, 1.165) is 5.56 Å². The molecule has 0 saturated carbocycles. The molecule has 6 nitrogen and oxygen atoms in total. The smallest absolute Gasteiger partial charge is 0.322 e. The molecule has 0 unspecified atom stereocenters. The van der Waals surface area contributed by atoms with E-state index in [1.165, 1.54) is 21.3 Å². The number of rotatable bonds is 6. The van der Waals surface area contributed by atoms with E-state index in [1.54, 1.807) is 24.1 Å². The molecule has 134 valence electrons. The third-order valence-corrected chi connectivity index (χ3v) is 4.10. The van der Waals surface area contributed by atoms with Crippen LogP contribution < -0.4 is 19.5 Å². The first kappa shape index (κ1) is 18.4. The topological polar surface area (TPSA) is 60.0 Å². The van der Waals surface area contributed by atoms with Crippen LogP contribution in [0.3, 0.4) is 0 Å². The van der Waals surface area contributed by atoms with E-state index < -0.39 is 0 Å². The zero-order valence-electron chi connectivity index (χ0n) is 15.2. The highest BCUT2D eigenvalue weighted by atomic mass is 16.5. The van der Waals surface area contributed by atoms with Crippen molar-refractivity contribution in [1.82, 2.24) is 4.90 Å². The maximum absolute atomic E-state index is 12.6. The molecule has 2 rings (SSSR count). The molecule has 1 N–H and O–H groups in total. The summed E-state index contributed by atoms with van der Waals surface area (Å²) in [5, 5.41) is 2.86. The minimum atomic E-state index is -0.231. The SMILES string of the molecule is COc1cc(NC(=O)N(C)[C@@H](C)c2ccccc2)cc(OC)c1OC. The lowest BCUT2D eigenvalue weighted by molar-refractivity contribution is 0.208. The van der Waals surface area contributed by atoms with Crippen molar-refractivity contribution in [2.24, 2.45) is 0 Å². The fourth-order valence-corrected chi connectivity index (χ4v) is 2.50. The molecule has 0 aromatic heterocycles. The lowest BCUT2D eigenvalue weighted by Crippen LogP contribution is -2.33. The van der Waals surface area contributed by atoms with Gasteiger partial charge in [-0.25, -0.2) is 4.79 Å². The average molecular weight is 344 g/mol. The number of ether oxygens (including phenoxy) is 3. The number of nitrogens with zero attached hydrogens (tertiary/aromatic N) is 1. The van der Waals surface area contributed by atoms with Gasteiger partial charge in [0.1, 0.15) is 0 Å². The Labute approximate surface area is 148 Å². The summed E-state index contributed by atoms with van der Waals surface area (Å²) in [5.41, 5.74) is 1.62. The van der Waals surface area contributed by atoms with Gasteiger partial charge in [0, 0.05) is 19.2 Å². The molecule has 2 aromatic rings. The van der Waals surface area contributed by atoms with E-state index in [2.05, 4.69) is 5.32 Å². The maximum atomic E-state index is 12.6. The molecule has 1 atom stereocenters. The lowest BCUT2D eigenvalue weighted by atomic mass is 10.1. The van der Waals surface area contributed by atoms with Crippen LogP contribution in [0.25, 0.3) is 0 Å². The van der Waals surface area contributed by atoms with Crippen molar-refractivity contribution in [3.8, 4) is 17.2 Å². The van der Waals surface area contributed by atoms with E-state index >= 15 is 0 Å². The Bertz CT molecular complexity index is 694. The monoisotopic (exact) mass is 344 g/mol. The summed E-state index contributed by atoms with van der Waals surface area (Å²) in [5.74, 6) is 1.45. The Hall–Kier alpha value is -2.89. The zero-order chi connectivity index (χ0) is 18.4. The van der Waals surface area contributed by atoms with Crippen LogP contribution in [0, 0.1) is 0 Å². The average Bonchev–Trinajstić information content (AvgIpc) is 2.66. The second-order valence-electron chi connectivity index (χ2n) is 5.54. The van der Waals surface area contributed by atoms with Gasteiger partial charge in [0.15, 0.2) is 11.5 Å². The Kier molecular flexibility index (Phi) is 6.11. The summed E-state index contributed by atoms with van der Waals surface area (Å²) in [4.78, 5) is 14.2. The van der Waals surface area contributed by atoms with Gasteiger partial charge in [-0.2, -0.15) is 0 Å². The molecule has 0 fully saturated rings. The van der Waals surface area contributed by atoms with Crippen molar-refractivity contribution in [2.45, 2.75) is 13.0 Å². The third-order valence-electron chi connectivity index (χ3n) is 4.10. The molecule has 0 spiro atoms. The molecule has 0 saturated heterocycles. The number of hydrogen-bond donors (Lipinski definition) is 1. The third kappa shape index (κ3) is 4.15. The Morgan fingerprint density at radius 3 is 2.04 bits per heavy atom. The van der Waals surface area contributed by atoms with Crippen LogP contribution in [-0.2, 0) is 0 Å². The van der Waals surface area contributed by atoms with Crippen molar-refractivity contribution < 1.29 is 19.0 Å². The minimum absolute atomic E-state index is 0.0664. The summed E-state index contributed by atoms with van der Waals surface area (Å²) >= 11 is 0. The predicted molar refractivity (Wildman–Crippen MR) is 97.7 cm³/mol. The molecular formula is C19H24N2O4. The van der Waals surface area contributed by atoms with Crippen LogP contribution in [0.15, 0.2) is 42.5 Å². The van der Waals surface area contributed by atoms with Crippen LogP contribution in [0.5, 0.6) is 17.2 Å². The number of urea groups is 1. The highest BCUT2D eigenvalue weighted by Gasteiger charge is 2.19. The molecule has 2 amide bonds. The fourth-order valence-electron chi connectivity index (χ4n) is 2.50. The summed E-state index contributed by atoms with van der Waals surface area (Å²) in [6.07, 6.45) is 0. The number of amides is 2. The summed E-state index contributed by atoms with van der Waals surface area (Å²) < 4.78 is 15.9. The first-order chi connectivity index (χ1) is 12.0. The number of carbonyl (C=O) groups excluding carboxylic acids is 1. The van der Waals surface area contributed by atoms with Crippen molar-refractivity contribution in [1.29, 1.82) is 0 Å². The van der Waals surface area contributed by atoms with Crippen LogP contribution in [0.4, 0.5) is 10.5 Å². The first-order valence-corrected chi connectivity index (χ1v) is 7.90. The van der Waals surface area contributed by atoms with Crippen LogP contribution >= 0.6 is 0 Å². The van der Waals surface area contributed by atoms with Gasteiger partial charge >= 0.3 is 6.03 Å². The number of nitrogens with one attached hydrogen (secondary N) is 1. The lowest BCUT2D eigenvalue weighted by Gasteiger charge is -2.26. The van der Waals surface area contributed by atoms with E-state index in [4.69, 9.17) is 14.2 Å². The first-order valence-electron chi connectivity index (χ1n) is 7.90. The predicted octanol–water partition coefficient (Wildman–Crippen LogP) is 3.94. The van der Waals surface area contributed by atoms with Crippen molar-refractivity contribution in [2.75, 3.05) is 33.7 Å². The Morgan fingerprint density at radius 1 is 1.00 bits per heavy atom. The molecule has 0 aliphatic carbocycles. The quantitative estimate of drug-likeness (QED) is 0.862. The van der Waals surface area contributed by atoms with E-state index in [1.807, 2.05) is 37.3 Å². The molecule has 0 aliphatic heterocycles. The molecule has 6 heteroatoms. The fraction of sp³-hybridized carbons (Fsp3) is 0.316. The molecule has 0 bridgehead atoms. The van der Waals surface area contributed by atoms with Gasteiger partial charge in [0.05, 0.1) is 33.1 Å². The minimum Gasteiger partial charge on any atom is -0.493 e. The van der Waals surface area contributed by atoms with Crippen LogP contribution in [0.1, 0.15) is 18.5 Å². The summed E-state index contributed by atoms with van der Waals surface area (Å²) in [7, 11) is 6.36. The van der Waals surface area contributed by atoms with Gasteiger partial charge in [-0.3, -0.25) is 0 Å². The Morgan fingerprint density at radius 2 is 1.56 bits per heavy atom. The molecule has 0 heterocycles. The van der Waals surface area contributed by atoms with Crippen molar-refractivity contribution in [3.05, 3.63) is 48.0 Å². The van der Waals surface area contributed by atoms with Gasteiger partial charge in [0.25, 0.3) is 0 Å². The van der Waals surface area contributed by atoms with Gasteiger partial charge < -0.3 is 24.4 Å². The molecule has 25 heavy (non-hydrogen) atoms. The van der Waals surface area contributed by atoms with Gasteiger partial charge in [-0.15, -0.1) is 0 Å². The summed E-state index contributed by atoms with van der Waals surface area (Å²) in [6.45, 7) is 1.98. The number of hydrogen-bond acceptors (Lipinski definition) is 4. The molecular weight excluding hydrogens is 320 g/mol. The van der Waals surface area contributed by atoms with Crippen LogP contribution in [0.2, 0.25) is 0 Å². The number of anilines is 1. The summed E-state index contributed by atoms with van der Waals surface area (Å²) in [6, 6.07) is 12.9. The number of methoxy groups -OCH3 is 3. The number of benzene rings is 2. The Balaban J connectivity index is 2.19. The van der Waals surface area contributed by atoms with E-state index in [-0.39, 0.29) is 12.1 Å². The second kappa shape index (κ2) is 8.28.